The van der Waals surface area contributed by atoms with Gasteiger partial charge in [0.05, 0.1) is 19.3 Å². The first kappa shape index (κ1) is 19.5. The highest BCUT2D eigenvalue weighted by Crippen LogP contribution is 2.26. The van der Waals surface area contributed by atoms with Gasteiger partial charge >= 0.3 is 0 Å². The highest BCUT2D eigenvalue weighted by Gasteiger charge is 2.21. The topological polar surface area (TPSA) is 93.0 Å². The average molecular weight is 396 g/mol. The minimum Gasteiger partial charge on any atom is -0.380 e. The molecule has 2 N–H and O–H groups in total. The minimum absolute atomic E-state index is 0.395. The molecule has 0 aliphatic carbocycles. The molecule has 1 fully saturated rings. The summed E-state index contributed by atoms with van der Waals surface area (Å²) in [6, 6.07) is 4.38. The fourth-order valence-electron chi connectivity index (χ4n) is 3.46. The van der Waals surface area contributed by atoms with Gasteiger partial charge in [0.25, 0.3) is 0 Å². The van der Waals surface area contributed by atoms with Crippen molar-refractivity contribution in [1.29, 1.82) is 0 Å². The Labute approximate surface area is 170 Å². The van der Waals surface area contributed by atoms with Gasteiger partial charge in [0.2, 0.25) is 5.95 Å². The molecule has 0 saturated carbocycles. The zero-order chi connectivity index (χ0) is 20.2. The number of anilines is 3. The number of nitrogens with zero attached hydrogens (tertiary/aromatic N) is 6. The molecule has 154 valence electrons. The van der Waals surface area contributed by atoms with Crippen LogP contribution in [0.5, 0.6) is 0 Å². The van der Waals surface area contributed by atoms with E-state index in [1.807, 2.05) is 36.9 Å². The second-order valence-electron chi connectivity index (χ2n) is 7.32. The first-order chi connectivity index (χ1) is 14.1. The molecule has 4 rings (SSSR count). The highest BCUT2D eigenvalue weighted by molar-refractivity contribution is 5.88. The van der Waals surface area contributed by atoms with Crippen molar-refractivity contribution in [2.24, 2.45) is 0 Å². The summed E-state index contributed by atoms with van der Waals surface area (Å²) in [5.41, 5.74) is 2.78. The molecule has 3 aromatic rings. The van der Waals surface area contributed by atoms with Gasteiger partial charge in [-0.25, -0.2) is 9.97 Å². The molecule has 1 atom stereocenters. The molecular formula is C20H28N8O. The molecule has 9 heteroatoms. The van der Waals surface area contributed by atoms with Crippen LogP contribution < -0.4 is 15.5 Å². The molecule has 0 amide bonds. The van der Waals surface area contributed by atoms with Gasteiger partial charge in [0.15, 0.2) is 5.82 Å². The van der Waals surface area contributed by atoms with Crippen LogP contribution in [0.25, 0.3) is 11.0 Å². The predicted molar refractivity (Wildman–Crippen MR) is 114 cm³/mol. The molecule has 0 unspecified atom stereocenters. The molecule has 1 saturated heterocycles. The smallest absolute Gasteiger partial charge is 0.228 e. The SMILES string of the molecule is CCOCCn1ncc2nc(N3CCN[C@H](C)C3)nc(Nc3ccc(C)cn3)c21. The van der Waals surface area contributed by atoms with Crippen molar-refractivity contribution in [1.82, 2.24) is 30.0 Å². The summed E-state index contributed by atoms with van der Waals surface area (Å²) in [5.74, 6) is 2.17. The number of hydrogen-bond acceptors (Lipinski definition) is 8. The van der Waals surface area contributed by atoms with E-state index in [1.165, 1.54) is 0 Å². The van der Waals surface area contributed by atoms with Crippen LogP contribution in [0.2, 0.25) is 0 Å². The standard InChI is InChI=1S/C20H28N8O/c1-4-29-10-9-28-18-16(12-23-28)24-20(27-8-7-21-15(3)13-27)26-19(18)25-17-6-5-14(2)11-22-17/h5-6,11-12,15,21H,4,7-10,13H2,1-3H3,(H,22,24,25,26)/t15-/m1/s1. The Kier molecular flexibility index (Phi) is 5.86. The van der Waals surface area contributed by atoms with Gasteiger partial charge in [-0.1, -0.05) is 6.07 Å². The number of ether oxygens (including phenoxy) is 1. The van der Waals surface area contributed by atoms with Crippen LogP contribution in [-0.4, -0.2) is 63.6 Å². The lowest BCUT2D eigenvalue weighted by Crippen LogP contribution is -2.49. The van der Waals surface area contributed by atoms with Crippen molar-refractivity contribution in [3.05, 3.63) is 30.1 Å². The summed E-state index contributed by atoms with van der Waals surface area (Å²) in [4.78, 5) is 16.4. The van der Waals surface area contributed by atoms with E-state index in [9.17, 15) is 0 Å². The van der Waals surface area contributed by atoms with E-state index >= 15 is 0 Å². The molecule has 0 aromatic carbocycles. The Hall–Kier alpha value is -2.78. The van der Waals surface area contributed by atoms with Crippen molar-refractivity contribution in [2.75, 3.05) is 43.1 Å². The minimum atomic E-state index is 0.395. The number of piperazine rings is 1. The summed E-state index contributed by atoms with van der Waals surface area (Å²) in [5, 5.41) is 11.4. The highest BCUT2D eigenvalue weighted by atomic mass is 16.5. The largest absolute Gasteiger partial charge is 0.380 e. The van der Waals surface area contributed by atoms with Gasteiger partial charge in [-0.2, -0.15) is 10.1 Å². The lowest BCUT2D eigenvalue weighted by Gasteiger charge is -2.32. The maximum atomic E-state index is 5.51. The Morgan fingerprint density at radius 1 is 1.28 bits per heavy atom. The average Bonchev–Trinajstić information content (AvgIpc) is 3.13. The van der Waals surface area contributed by atoms with E-state index in [0.717, 1.165) is 42.0 Å². The molecular weight excluding hydrogens is 368 g/mol. The molecule has 1 aliphatic rings. The van der Waals surface area contributed by atoms with Gasteiger partial charge < -0.3 is 20.3 Å². The lowest BCUT2D eigenvalue weighted by molar-refractivity contribution is 0.137. The first-order valence-electron chi connectivity index (χ1n) is 10.1. The maximum Gasteiger partial charge on any atom is 0.228 e. The summed E-state index contributed by atoms with van der Waals surface area (Å²) >= 11 is 0. The van der Waals surface area contributed by atoms with Crippen LogP contribution in [-0.2, 0) is 11.3 Å². The van der Waals surface area contributed by atoms with Crippen LogP contribution in [0.4, 0.5) is 17.6 Å². The van der Waals surface area contributed by atoms with Crippen molar-refractivity contribution < 1.29 is 4.74 Å². The molecule has 9 nitrogen and oxygen atoms in total. The molecule has 0 radical (unpaired) electrons. The second kappa shape index (κ2) is 8.71. The molecule has 1 aliphatic heterocycles. The number of rotatable bonds is 7. The number of fused-ring (bicyclic) bond motifs is 1. The predicted octanol–water partition coefficient (Wildman–Crippen LogP) is 2.11. The lowest BCUT2D eigenvalue weighted by atomic mass is 10.2. The Morgan fingerprint density at radius 3 is 2.93 bits per heavy atom. The van der Waals surface area contributed by atoms with E-state index in [0.29, 0.717) is 37.6 Å². The molecule has 3 aromatic heterocycles. The Bertz CT molecular complexity index is 955. The number of aryl methyl sites for hydroxylation is 1. The normalized spacial score (nSPS) is 17.1. The van der Waals surface area contributed by atoms with E-state index in [1.54, 1.807) is 6.20 Å². The number of nitrogens with one attached hydrogen (secondary N) is 2. The summed E-state index contributed by atoms with van der Waals surface area (Å²) in [6.07, 6.45) is 3.64. The summed E-state index contributed by atoms with van der Waals surface area (Å²) < 4.78 is 7.40. The third-order valence-electron chi connectivity index (χ3n) is 4.94. The Morgan fingerprint density at radius 2 is 2.17 bits per heavy atom. The van der Waals surface area contributed by atoms with E-state index in [2.05, 4.69) is 32.5 Å². The zero-order valence-corrected chi connectivity index (χ0v) is 17.2. The van der Waals surface area contributed by atoms with Gasteiger partial charge in [0.1, 0.15) is 16.9 Å². The van der Waals surface area contributed by atoms with Crippen LogP contribution in [0, 0.1) is 6.92 Å². The van der Waals surface area contributed by atoms with Crippen molar-refractivity contribution in [3.63, 3.8) is 0 Å². The van der Waals surface area contributed by atoms with E-state index in [-0.39, 0.29) is 0 Å². The fraction of sp³-hybridized carbons (Fsp3) is 0.500. The van der Waals surface area contributed by atoms with Crippen LogP contribution in [0.3, 0.4) is 0 Å². The number of pyridine rings is 1. The first-order valence-corrected chi connectivity index (χ1v) is 10.1. The third kappa shape index (κ3) is 4.46. The quantitative estimate of drug-likeness (QED) is 0.587. The van der Waals surface area contributed by atoms with Gasteiger partial charge in [0, 0.05) is 38.5 Å². The fourth-order valence-corrected chi connectivity index (χ4v) is 3.46. The molecule has 0 spiro atoms. The molecule has 0 bridgehead atoms. The maximum absolute atomic E-state index is 5.51. The number of hydrogen-bond donors (Lipinski definition) is 2. The van der Waals surface area contributed by atoms with E-state index in [4.69, 9.17) is 14.7 Å². The molecule has 4 heterocycles. The summed E-state index contributed by atoms with van der Waals surface area (Å²) in [6.45, 7) is 10.7. The van der Waals surface area contributed by atoms with Gasteiger partial charge in [-0.15, -0.1) is 0 Å². The van der Waals surface area contributed by atoms with Crippen LogP contribution in [0.15, 0.2) is 24.5 Å². The monoisotopic (exact) mass is 396 g/mol. The Balaban J connectivity index is 1.72. The van der Waals surface area contributed by atoms with E-state index < -0.39 is 0 Å². The van der Waals surface area contributed by atoms with Crippen molar-refractivity contribution in [2.45, 2.75) is 33.4 Å². The molecule has 29 heavy (non-hydrogen) atoms. The van der Waals surface area contributed by atoms with Gasteiger partial charge in [-0.3, -0.25) is 4.68 Å². The van der Waals surface area contributed by atoms with Crippen molar-refractivity contribution >= 4 is 28.6 Å². The van der Waals surface area contributed by atoms with Crippen LogP contribution >= 0.6 is 0 Å². The second-order valence-corrected chi connectivity index (χ2v) is 7.32. The van der Waals surface area contributed by atoms with Crippen LogP contribution in [0.1, 0.15) is 19.4 Å². The number of aromatic nitrogens is 5. The third-order valence-corrected chi connectivity index (χ3v) is 4.94. The van der Waals surface area contributed by atoms with Gasteiger partial charge in [-0.05, 0) is 32.4 Å². The summed E-state index contributed by atoms with van der Waals surface area (Å²) in [7, 11) is 0. The zero-order valence-electron chi connectivity index (χ0n) is 17.2. The van der Waals surface area contributed by atoms with Crippen molar-refractivity contribution in [3.8, 4) is 0 Å².